The van der Waals surface area contributed by atoms with Crippen LogP contribution < -0.4 is 5.32 Å². The van der Waals surface area contributed by atoms with E-state index in [-0.39, 0.29) is 11.8 Å². The Labute approximate surface area is 157 Å². The van der Waals surface area contributed by atoms with E-state index in [1.807, 2.05) is 23.4 Å². The number of amides is 2. The number of rotatable bonds is 4. The van der Waals surface area contributed by atoms with Crippen LogP contribution in [0.2, 0.25) is 0 Å². The molecule has 1 N–H and O–H groups in total. The van der Waals surface area contributed by atoms with Crippen molar-refractivity contribution >= 4 is 17.2 Å². The fraction of sp³-hybridized carbons (Fsp3) is 0.350. The number of halogens is 1. The predicted octanol–water partition coefficient (Wildman–Crippen LogP) is 3.19. The lowest BCUT2D eigenvalue weighted by atomic mass is 9.98. The molecule has 27 heavy (non-hydrogen) atoms. The van der Waals surface area contributed by atoms with E-state index in [2.05, 4.69) is 19.9 Å². The van der Waals surface area contributed by atoms with Gasteiger partial charge in [-0.2, -0.15) is 0 Å². The molecule has 1 atom stereocenters. The lowest BCUT2D eigenvalue weighted by Crippen LogP contribution is -2.46. The van der Waals surface area contributed by atoms with Crippen molar-refractivity contribution in [2.75, 3.05) is 13.1 Å². The predicted molar refractivity (Wildman–Crippen MR) is 100 cm³/mol. The molecule has 1 aliphatic rings. The third kappa shape index (κ3) is 4.07. The van der Waals surface area contributed by atoms with Gasteiger partial charge in [-0.15, -0.1) is 0 Å². The minimum absolute atomic E-state index is 0.0995. The molecule has 4 rings (SSSR count). The average Bonchev–Trinajstić information content (AvgIpc) is 3.09. The molecule has 1 saturated heterocycles. The average molecular weight is 367 g/mol. The Morgan fingerprint density at radius 3 is 3.07 bits per heavy atom. The molecule has 0 aliphatic carbocycles. The molecule has 3 heterocycles. The van der Waals surface area contributed by atoms with Crippen molar-refractivity contribution in [3.8, 4) is 0 Å². The fourth-order valence-electron chi connectivity index (χ4n) is 3.64. The Bertz CT molecular complexity index is 941. The Kier molecular flexibility index (Phi) is 5.00. The maximum Gasteiger partial charge on any atom is 0.317 e. The van der Waals surface area contributed by atoms with Crippen LogP contribution in [0.15, 0.2) is 48.9 Å². The second-order valence-electron chi connectivity index (χ2n) is 6.99. The van der Waals surface area contributed by atoms with E-state index in [9.17, 15) is 9.18 Å². The number of pyridine rings is 1. The molecule has 6 nitrogen and oxygen atoms in total. The Balaban J connectivity index is 1.35. The van der Waals surface area contributed by atoms with E-state index in [1.165, 1.54) is 12.1 Å². The maximum atomic E-state index is 13.3. The zero-order chi connectivity index (χ0) is 18.6. The van der Waals surface area contributed by atoms with E-state index in [1.54, 1.807) is 18.3 Å². The van der Waals surface area contributed by atoms with Crippen LogP contribution in [0.1, 0.15) is 18.4 Å². The number of urea groups is 1. The molecule has 0 saturated carbocycles. The quantitative estimate of drug-likeness (QED) is 0.770. The summed E-state index contributed by atoms with van der Waals surface area (Å²) in [5.41, 5.74) is 2.52. The minimum Gasteiger partial charge on any atom is -0.334 e. The normalized spacial score (nSPS) is 17.2. The third-order valence-electron chi connectivity index (χ3n) is 4.97. The van der Waals surface area contributed by atoms with E-state index >= 15 is 0 Å². The van der Waals surface area contributed by atoms with Crippen molar-refractivity contribution in [1.82, 2.24) is 24.8 Å². The summed E-state index contributed by atoms with van der Waals surface area (Å²) in [5, 5.41) is 2.89. The van der Waals surface area contributed by atoms with Crippen LogP contribution in [0.25, 0.3) is 11.2 Å². The van der Waals surface area contributed by atoms with E-state index < -0.39 is 0 Å². The van der Waals surface area contributed by atoms with Crippen LogP contribution >= 0.6 is 0 Å². The monoisotopic (exact) mass is 367 g/mol. The summed E-state index contributed by atoms with van der Waals surface area (Å²) >= 11 is 0. The standard InChI is InChI=1S/C20H22FN5O/c21-17-6-1-4-15(10-17)11-23-20(27)25-9-3-5-16(12-25)13-26-14-24-18-7-2-8-22-19(18)26/h1-2,4,6-8,10,14,16H,3,5,9,11-13H2,(H,23,27). The van der Waals surface area contributed by atoms with Crippen molar-refractivity contribution in [3.05, 3.63) is 60.3 Å². The van der Waals surface area contributed by atoms with Gasteiger partial charge in [0.1, 0.15) is 11.3 Å². The van der Waals surface area contributed by atoms with Crippen molar-refractivity contribution in [3.63, 3.8) is 0 Å². The Morgan fingerprint density at radius 1 is 1.26 bits per heavy atom. The van der Waals surface area contributed by atoms with Gasteiger partial charge in [0.2, 0.25) is 0 Å². The first-order valence-electron chi connectivity index (χ1n) is 9.22. The summed E-state index contributed by atoms with van der Waals surface area (Å²) in [6, 6.07) is 10.0. The van der Waals surface area contributed by atoms with E-state index in [0.29, 0.717) is 19.0 Å². The number of hydrogen-bond acceptors (Lipinski definition) is 3. The number of carbonyl (C=O) groups excluding carboxylic acids is 1. The Hall–Kier alpha value is -2.96. The van der Waals surface area contributed by atoms with Gasteiger partial charge >= 0.3 is 6.03 Å². The molecular formula is C20H22FN5O. The number of fused-ring (bicyclic) bond motifs is 1. The summed E-state index contributed by atoms with van der Waals surface area (Å²) in [4.78, 5) is 23.1. The lowest BCUT2D eigenvalue weighted by molar-refractivity contribution is 0.159. The molecule has 1 aliphatic heterocycles. The van der Waals surface area contributed by atoms with Gasteiger partial charge in [-0.1, -0.05) is 12.1 Å². The van der Waals surface area contributed by atoms with Gasteiger partial charge in [0.05, 0.1) is 6.33 Å². The highest BCUT2D eigenvalue weighted by molar-refractivity contribution is 5.74. The molecule has 0 radical (unpaired) electrons. The summed E-state index contributed by atoms with van der Waals surface area (Å²) in [6.07, 6.45) is 5.63. The van der Waals surface area contributed by atoms with Gasteiger partial charge in [-0.25, -0.2) is 19.2 Å². The second kappa shape index (κ2) is 7.73. The van der Waals surface area contributed by atoms with Gasteiger partial charge in [0.15, 0.2) is 5.65 Å². The van der Waals surface area contributed by atoms with Crippen LogP contribution in [0.5, 0.6) is 0 Å². The van der Waals surface area contributed by atoms with Gasteiger partial charge in [-0.05, 0) is 48.6 Å². The lowest BCUT2D eigenvalue weighted by Gasteiger charge is -2.33. The highest BCUT2D eigenvalue weighted by Gasteiger charge is 2.24. The molecule has 0 bridgehead atoms. The number of benzene rings is 1. The number of aromatic nitrogens is 3. The zero-order valence-corrected chi connectivity index (χ0v) is 15.0. The molecule has 0 spiro atoms. The summed E-state index contributed by atoms with van der Waals surface area (Å²) in [7, 11) is 0. The topological polar surface area (TPSA) is 63.1 Å². The van der Waals surface area contributed by atoms with Crippen LogP contribution in [0.3, 0.4) is 0 Å². The molecule has 1 aromatic carbocycles. The molecule has 2 amide bonds. The van der Waals surface area contributed by atoms with Crippen molar-refractivity contribution in [1.29, 1.82) is 0 Å². The summed E-state index contributed by atoms with van der Waals surface area (Å²) < 4.78 is 15.3. The molecule has 1 fully saturated rings. The number of carbonyl (C=O) groups is 1. The molecule has 3 aromatic rings. The van der Waals surface area contributed by atoms with Crippen molar-refractivity contribution in [2.24, 2.45) is 5.92 Å². The van der Waals surface area contributed by atoms with Crippen LogP contribution in [0.4, 0.5) is 9.18 Å². The zero-order valence-electron chi connectivity index (χ0n) is 15.0. The SMILES string of the molecule is O=C(NCc1cccc(F)c1)N1CCCC(Cn2cnc3cccnc32)C1. The number of nitrogens with zero attached hydrogens (tertiary/aromatic N) is 4. The third-order valence-corrected chi connectivity index (χ3v) is 4.97. The van der Waals surface area contributed by atoms with Gasteiger partial charge in [0.25, 0.3) is 0 Å². The molecule has 7 heteroatoms. The summed E-state index contributed by atoms with van der Waals surface area (Å²) in [6.45, 7) is 2.56. The van der Waals surface area contributed by atoms with Crippen molar-refractivity contribution in [2.45, 2.75) is 25.9 Å². The first-order chi connectivity index (χ1) is 13.2. The van der Waals surface area contributed by atoms with Crippen molar-refractivity contribution < 1.29 is 9.18 Å². The molecule has 140 valence electrons. The number of piperidine rings is 1. The van der Waals surface area contributed by atoms with E-state index in [4.69, 9.17) is 0 Å². The number of hydrogen-bond donors (Lipinski definition) is 1. The maximum absolute atomic E-state index is 13.3. The fourth-order valence-corrected chi connectivity index (χ4v) is 3.64. The molecular weight excluding hydrogens is 345 g/mol. The second-order valence-corrected chi connectivity index (χ2v) is 6.99. The highest BCUT2D eigenvalue weighted by Crippen LogP contribution is 2.20. The van der Waals surface area contributed by atoms with Crippen LogP contribution in [0, 0.1) is 11.7 Å². The first kappa shape index (κ1) is 17.5. The first-order valence-corrected chi connectivity index (χ1v) is 9.22. The van der Waals surface area contributed by atoms with Gasteiger partial charge < -0.3 is 14.8 Å². The number of nitrogens with one attached hydrogen (secondary N) is 1. The minimum atomic E-state index is -0.291. The van der Waals surface area contributed by atoms with Gasteiger partial charge in [0, 0.05) is 32.4 Å². The number of imidazole rings is 1. The van der Waals surface area contributed by atoms with Gasteiger partial charge in [-0.3, -0.25) is 0 Å². The summed E-state index contributed by atoms with van der Waals surface area (Å²) in [5.74, 6) is 0.0685. The molecule has 1 unspecified atom stereocenters. The number of likely N-dealkylation sites (tertiary alicyclic amines) is 1. The largest absolute Gasteiger partial charge is 0.334 e. The highest BCUT2D eigenvalue weighted by atomic mass is 19.1. The molecule has 2 aromatic heterocycles. The van der Waals surface area contributed by atoms with Crippen LogP contribution in [-0.4, -0.2) is 38.6 Å². The van der Waals surface area contributed by atoms with E-state index in [0.717, 1.165) is 42.7 Å². The Morgan fingerprint density at radius 2 is 2.19 bits per heavy atom. The van der Waals surface area contributed by atoms with Crippen LogP contribution in [-0.2, 0) is 13.1 Å². The smallest absolute Gasteiger partial charge is 0.317 e.